The highest BCUT2D eigenvalue weighted by atomic mass is 32.2. The fourth-order valence-electron chi connectivity index (χ4n) is 8.29. The Balaban J connectivity index is 1.40. The molecule has 0 aliphatic carbocycles. The molecule has 0 radical (unpaired) electrons. The van der Waals surface area contributed by atoms with Gasteiger partial charge in [0.1, 0.15) is 34.2 Å². The number of hydrogen-bond acceptors (Lipinski definition) is 11. The van der Waals surface area contributed by atoms with Gasteiger partial charge in [0.2, 0.25) is 10.0 Å². The molecule has 2 aliphatic heterocycles. The van der Waals surface area contributed by atoms with Crippen LogP contribution in [0.4, 0.5) is 0 Å². The van der Waals surface area contributed by atoms with Crippen LogP contribution in [0.15, 0.2) is 77.8 Å². The number of aromatic hydroxyl groups is 1. The molecule has 0 unspecified atom stereocenters. The summed E-state index contributed by atoms with van der Waals surface area (Å²) in [6.45, 7) is 9.16. The number of pyridine rings is 1. The van der Waals surface area contributed by atoms with E-state index in [2.05, 4.69) is 53.7 Å². The molecule has 318 valence electrons. The van der Waals surface area contributed by atoms with Crippen molar-refractivity contribution in [2.24, 2.45) is 5.41 Å². The summed E-state index contributed by atoms with van der Waals surface area (Å²) < 4.78 is 55.6. The standard InChI is InChI=1S/C45H53N5O9S/c1-8-49-38-15-13-29-23-34(38)35(42(49)33-11-9-17-46-41(33)27(2)56-5)25-45(3,4)26-59-44(53)36-12-10-18-50(47-36)43(52)37(21-28-19-30(29)22-31(51)20-28)48-60(54,55)40-16-14-32(57-6)24-39(40)58-7/h9,11,13-17,19-20,22-24,27,36-37,47-48,51H,8,10,12,18,21,25-26H2,1-7H3/t27-,36-,37-/m0/s1. The topological polar surface area (TPSA) is 171 Å². The third-order valence-electron chi connectivity index (χ3n) is 11.3. The van der Waals surface area contributed by atoms with Crippen molar-refractivity contribution in [3.05, 3.63) is 89.7 Å². The van der Waals surface area contributed by atoms with Crippen LogP contribution in [-0.2, 0) is 48.5 Å². The Morgan fingerprint density at radius 3 is 2.57 bits per heavy atom. The zero-order valence-corrected chi connectivity index (χ0v) is 35.9. The minimum absolute atomic E-state index is 0.0266. The molecular weight excluding hydrogens is 787 g/mol. The van der Waals surface area contributed by atoms with Gasteiger partial charge in [-0.2, -0.15) is 4.72 Å². The van der Waals surface area contributed by atoms with Gasteiger partial charge in [-0.3, -0.25) is 19.6 Å². The maximum Gasteiger partial charge on any atom is 0.324 e. The Morgan fingerprint density at radius 2 is 1.83 bits per heavy atom. The van der Waals surface area contributed by atoms with Gasteiger partial charge in [0, 0.05) is 54.3 Å². The number of ether oxygens (including phenoxy) is 4. The Hall–Kier alpha value is -5.48. The van der Waals surface area contributed by atoms with E-state index in [-0.39, 0.29) is 42.1 Å². The van der Waals surface area contributed by atoms with Crippen molar-refractivity contribution in [2.75, 3.05) is 34.5 Å². The third-order valence-corrected chi connectivity index (χ3v) is 12.8. The minimum Gasteiger partial charge on any atom is -0.508 e. The second kappa shape index (κ2) is 17.2. The summed E-state index contributed by atoms with van der Waals surface area (Å²) in [7, 11) is 0.0772. The number of cyclic esters (lactones) is 1. The van der Waals surface area contributed by atoms with Gasteiger partial charge in [-0.1, -0.05) is 26.0 Å². The summed E-state index contributed by atoms with van der Waals surface area (Å²) in [4.78, 5) is 32.8. The fourth-order valence-corrected chi connectivity index (χ4v) is 9.63. The van der Waals surface area contributed by atoms with Crippen LogP contribution in [0, 0.1) is 5.41 Å². The average molecular weight is 840 g/mol. The van der Waals surface area contributed by atoms with E-state index in [1.807, 2.05) is 25.1 Å². The lowest BCUT2D eigenvalue weighted by Gasteiger charge is -2.35. The second-order valence-corrected chi connectivity index (χ2v) is 17.8. The molecule has 1 amide bonds. The number of hydrogen-bond donors (Lipinski definition) is 3. The van der Waals surface area contributed by atoms with Crippen molar-refractivity contribution in [1.29, 1.82) is 0 Å². The van der Waals surface area contributed by atoms with Crippen molar-refractivity contribution in [1.82, 2.24) is 24.7 Å². The van der Waals surface area contributed by atoms with Crippen molar-refractivity contribution in [2.45, 2.75) is 83.0 Å². The minimum atomic E-state index is -4.39. The number of nitrogens with zero attached hydrogens (tertiary/aromatic N) is 3. The van der Waals surface area contributed by atoms with Gasteiger partial charge in [0.05, 0.1) is 38.3 Å². The molecule has 3 atom stereocenters. The number of fused-ring (bicyclic) bond motifs is 6. The number of aromatic nitrogens is 2. The quantitative estimate of drug-likeness (QED) is 0.142. The van der Waals surface area contributed by atoms with E-state index in [9.17, 15) is 23.1 Å². The number of sulfonamides is 1. The highest BCUT2D eigenvalue weighted by molar-refractivity contribution is 7.89. The number of carbonyl (C=O) groups excluding carboxylic acids is 2. The molecule has 60 heavy (non-hydrogen) atoms. The number of nitrogens with one attached hydrogen (secondary N) is 2. The van der Waals surface area contributed by atoms with E-state index in [0.717, 1.165) is 39.0 Å². The molecular formula is C45H53N5O9S. The van der Waals surface area contributed by atoms with Crippen molar-refractivity contribution in [3.8, 4) is 39.6 Å². The maximum atomic E-state index is 14.5. The smallest absolute Gasteiger partial charge is 0.324 e. The SMILES string of the molecule is CCn1c(-c2cccnc2[C@H](C)OC)c2c3cc(ccc31)-c1cc(O)cc(c1)C[C@H](NS(=O)(=O)c1ccc(OC)cc1OC)C(=O)N1CCC[C@H](N1)C(=O)OCC(C)(C)C2. The summed E-state index contributed by atoms with van der Waals surface area (Å²) in [5, 5.41) is 13.5. The number of benzene rings is 3. The lowest BCUT2D eigenvalue weighted by atomic mass is 9.84. The normalized spacial score (nSPS) is 19.1. The molecule has 14 nitrogen and oxygen atoms in total. The first-order valence-corrected chi connectivity index (χ1v) is 21.6. The monoisotopic (exact) mass is 839 g/mol. The molecule has 3 N–H and O–H groups in total. The van der Waals surface area contributed by atoms with Crippen LogP contribution in [0.25, 0.3) is 33.3 Å². The van der Waals surface area contributed by atoms with E-state index in [4.69, 9.17) is 23.9 Å². The van der Waals surface area contributed by atoms with Crippen LogP contribution in [0.2, 0.25) is 0 Å². The number of aryl methyl sites for hydroxylation is 1. The van der Waals surface area contributed by atoms with E-state index in [1.165, 1.54) is 43.5 Å². The molecule has 4 heterocycles. The summed E-state index contributed by atoms with van der Waals surface area (Å²) >= 11 is 0. The molecule has 15 heteroatoms. The zero-order chi connectivity index (χ0) is 42.9. The maximum absolute atomic E-state index is 14.5. The first-order valence-electron chi connectivity index (χ1n) is 20.1. The van der Waals surface area contributed by atoms with Gasteiger partial charge in [-0.15, -0.1) is 0 Å². The molecule has 1 fully saturated rings. The van der Waals surface area contributed by atoms with Gasteiger partial charge in [0.25, 0.3) is 5.91 Å². The predicted octanol–water partition coefficient (Wildman–Crippen LogP) is 6.33. The molecule has 5 aromatic rings. The Labute approximate surface area is 350 Å². The summed E-state index contributed by atoms with van der Waals surface area (Å²) in [6, 6.07) is 17.2. The molecule has 1 saturated heterocycles. The van der Waals surface area contributed by atoms with E-state index in [1.54, 1.807) is 19.4 Å². The first-order chi connectivity index (χ1) is 28.7. The molecule has 6 bridgehead atoms. The average Bonchev–Trinajstić information content (AvgIpc) is 3.55. The van der Waals surface area contributed by atoms with E-state index >= 15 is 0 Å². The summed E-state index contributed by atoms with van der Waals surface area (Å²) in [6.07, 6.45) is 2.77. The lowest BCUT2D eigenvalue weighted by Crippen LogP contribution is -2.60. The van der Waals surface area contributed by atoms with E-state index in [0.29, 0.717) is 42.7 Å². The Bertz CT molecular complexity index is 2540. The summed E-state index contributed by atoms with van der Waals surface area (Å²) in [5.74, 6) is -0.755. The number of esters is 1. The van der Waals surface area contributed by atoms with Gasteiger partial charge < -0.3 is 28.6 Å². The second-order valence-electron chi connectivity index (χ2n) is 16.2. The predicted molar refractivity (Wildman–Crippen MR) is 227 cm³/mol. The van der Waals surface area contributed by atoms with Crippen molar-refractivity contribution in [3.63, 3.8) is 0 Å². The zero-order valence-electron chi connectivity index (χ0n) is 35.1. The van der Waals surface area contributed by atoms with Gasteiger partial charge in [0.15, 0.2) is 0 Å². The number of amides is 1. The largest absolute Gasteiger partial charge is 0.508 e. The number of hydrazine groups is 1. The molecule has 7 rings (SSSR count). The van der Waals surface area contributed by atoms with Gasteiger partial charge >= 0.3 is 5.97 Å². The highest BCUT2D eigenvalue weighted by Gasteiger charge is 2.37. The van der Waals surface area contributed by atoms with Crippen LogP contribution in [-0.4, -0.2) is 86.5 Å². The fraction of sp³-hybridized carbons (Fsp3) is 0.400. The third kappa shape index (κ3) is 8.57. The van der Waals surface area contributed by atoms with Crippen molar-refractivity contribution < 1.29 is 42.1 Å². The van der Waals surface area contributed by atoms with Crippen LogP contribution >= 0.6 is 0 Å². The number of rotatable bonds is 9. The number of phenols is 1. The number of carbonyl (C=O) groups is 2. The Kier molecular flexibility index (Phi) is 12.3. The molecule has 2 aromatic heterocycles. The number of methoxy groups -OCH3 is 3. The molecule has 3 aromatic carbocycles. The van der Waals surface area contributed by atoms with Crippen LogP contribution in [0.1, 0.15) is 63.5 Å². The van der Waals surface area contributed by atoms with Crippen LogP contribution < -0.4 is 19.6 Å². The lowest BCUT2D eigenvalue weighted by molar-refractivity contribution is -0.155. The van der Waals surface area contributed by atoms with Gasteiger partial charge in [-0.05, 0) is 110 Å². The van der Waals surface area contributed by atoms with E-state index < -0.39 is 39.4 Å². The van der Waals surface area contributed by atoms with Crippen LogP contribution in [0.3, 0.4) is 0 Å². The summed E-state index contributed by atoms with van der Waals surface area (Å²) in [5.41, 5.74) is 9.24. The number of phenolic OH excluding ortho intramolecular Hbond substituents is 1. The Morgan fingerprint density at radius 1 is 1.03 bits per heavy atom. The van der Waals surface area contributed by atoms with Gasteiger partial charge in [-0.25, -0.2) is 13.8 Å². The molecule has 0 spiro atoms. The highest BCUT2D eigenvalue weighted by Crippen LogP contribution is 2.42. The van der Waals surface area contributed by atoms with Crippen molar-refractivity contribution >= 4 is 32.8 Å². The van der Waals surface area contributed by atoms with Crippen LogP contribution in [0.5, 0.6) is 17.2 Å². The molecule has 0 saturated carbocycles. The first kappa shape index (κ1) is 42.6. The molecule has 2 aliphatic rings.